The minimum atomic E-state index is -1.27. The Labute approximate surface area is 214 Å². The lowest BCUT2D eigenvalue weighted by Crippen LogP contribution is -2.43. The molecule has 0 aromatic rings. The second-order valence-corrected chi connectivity index (χ2v) is 46.1. The van der Waals surface area contributed by atoms with E-state index in [1.165, 1.54) is 18.1 Å². The van der Waals surface area contributed by atoms with Crippen LogP contribution in [0.1, 0.15) is 20.8 Å². The molecule has 0 rings (SSSR count). The SMILES string of the molecule is CC[Si](C)(C)Cl.CC[Si](C)(C)O[Si](C)(C)CC.C[Si](C)(C)Cl.C[Si](C)(C)O[Si](C)(C)C. The zero-order chi connectivity index (χ0) is 26.5. The van der Waals surface area contributed by atoms with Crippen molar-refractivity contribution in [3.05, 3.63) is 0 Å². The summed E-state index contributed by atoms with van der Waals surface area (Å²) in [5, 5.41) is 0. The predicted octanol–water partition coefficient (Wildman–Crippen LogP) is 10.6. The van der Waals surface area contributed by atoms with E-state index >= 15 is 0 Å². The van der Waals surface area contributed by atoms with Crippen LogP contribution in [0.3, 0.4) is 0 Å². The first-order chi connectivity index (χ1) is 13.1. The molecule has 0 aliphatic rings. The van der Waals surface area contributed by atoms with E-state index in [1.807, 2.05) is 0 Å². The summed E-state index contributed by atoms with van der Waals surface area (Å²) in [4.78, 5) is 0. The van der Waals surface area contributed by atoms with Crippen molar-refractivity contribution in [1.82, 2.24) is 0 Å². The van der Waals surface area contributed by atoms with Gasteiger partial charge in [0, 0.05) is 0 Å². The highest BCUT2D eigenvalue weighted by molar-refractivity contribution is 7.19. The summed E-state index contributed by atoms with van der Waals surface area (Å²) < 4.78 is 12.1. The van der Waals surface area contributed by atoms with Crippen molar-refractivity contribution in [2.24, 2.45) is 0 Å². The highest BCUT2D eigenvalue weighted by Crippen LogP contribution is 2.20. The fourth-order valence-electron chi connectivity index (χ4n) is 1.81. The Morgan fingerprint density at radius 1 is 0.452 bits per heavy atom. The first-order valence-electron chi connectivity index (χ1n) is 11.9. The maximum atomic E-state index is 6.20. The van der Waals surface area contributed by atoms with Gasteiger partial charge in [0.2, 0.25) is 0 Å². The molecule has 0 spiro atoms. The third kappa shape index (κ3) is 54.3. The molecule has 10 heteroatoms. The van der Waals surface area contributed by atoms with Crippen molar-refractivity contribution < 1.29 is 8.23 Å². The van der Waals surface area contributed by atoms with Crippen LogP contribution >= 0.6 is 22.2 Å². The summed E-state index contributed by atoms with van der Waals surface area (Å²) in [5.41, 5.74) is 0. The van der Waals surface area contributed by atoms with Crippen LogP contribution in [0.4, 0.5) is 0 Å². The van der Waals surface area contributed by atoms with Crippen molar-refractivity contribution in [2.75, 3.05) is 0 Å². The average molecular weight is 584 g/mol. The number of halogens is 2. The summed E-state index contributed by atoms with van der Waals surface area (Å²) in [5.74, 6) is 0. The molecular formula is C21H60Cl2O2Si6. The van der Waals surface area contributed by atoms with E-state index in [-0.39, 0.29) is 0 Å². The lowest BCUT2D eigenvalue weighted by Gasteiger charge is -2.32. The molecule has 0 amide bonds. The lowest BCUT2D eigenvalue weighted by atomic mass is 11.0. The van der Waals surface area contributed by atoms with Gasteiger partial charge in [-0.1, -0.05) is 53.5 Å². The van der Waals surface area contributed by atoms with Crippen molar-refractivity contribution in [3.63, 3.8) is 0 Å². The van der Waals surface area contributed by atoms with E-state index in [2.05, 4.69) is 119 Å². The molecule has 0 aliphatic carbocycles. The molecule has 0 aromatic heterocycles. The van der Waals surface area contributed by atoms with Gasteiger partial charge in [-0.15, -0.1) is 0 Å². The molecule has 0 atom stereocenters. The Kier molecular flexibility index (Phi) is 21.2. The molecule has 0 saturated heterocycles. The molecule has 0 saturated carbocycles. The fraction of sp³-hybridized carbons (Fsp3) is 1.00. The fourth-order valence-corrected chi connectivity index (χ4v) is 16.3. The molecule has 0 radical (unpaired) electrons. The van der Waals surface area contributed by atoms with Crippen LogP contribution in [0.15, 0.2) is 0 Å². The van der Waals surface area contributed by atoms with Crippen LogP contribution in [-0.2, 0) is 8.23 Å². The van der Waals surface area contributed by atoms with Gasteiger partial charge < -0.3 is 8.23 Å². The van der Waals surface area contributed by atoms with Gasteiger partial charge in [0.25, 0.3) is 0 Å². The maximum Gasteiger partial charge on any atom is 0.173 e. The van der Waals surface area contributed by atoms with Crippen LogP contribution in [0.25, 0.3) is 0 Å². The van der Waals surface area contributed by atoms with E-state index in [1.54, 1.807) is 0 Å². The van der Waals surface area contributed by atoms with Gasteiger partial charge in [-0.2, -0.15) is 22.2 Å². The minimum absolute atomic E-state index is 1.14. The quantitative estimate of drug-likeness (QED) is 0.219. The lowest BCUT2D eigenvalue weighted by molar-refractivity contribution is 0.542. The van der Waals surface area contributed by atoms with Gasteiger partial charge in [-0.3, -0.25) is 0 Å². The van der Waals surface area contributed by atoms with Gasteiger partial charge >= 0.3 is 0 Å². The first kappa shape index (κ1) is 40.0. The van der Waals surface area contributed by atoms with Crippen LogP contribution in [-0.4, -0.2) is 48.0 Å². The van der Waals surface area contributed by atoms with E-state index in [0.29, 0.717) is 0 Å². The Morgan fingerprint density at radius 3 is 0.710 bits per heavy atom. The molecule has 2 nitrogen and oxygen atoms in total. The second kappa shape index (κ2) is 16.5. The molecule has 0 aromatic carbocycles. The topological polar surface area (TPSA) is 18.5 Å². The van der Waals surface area contributed by atoms with Gasteiger partial charge in [-0.25, -0.2) is 0 Å². The molecule has 0 aliphatic heterocycles. The Balaban J connectivity index is -0.000000164. The summed E-state index contributed by atoms with van der Waals surface area (Å²) in [6.45, 7) is 39.9. The van der Waals surface area contributed by atoms with Gasteiger partial charge in [0.05, 0.1) is 0 Å². The first-order valence-corrected chi connectivity index (χ1v) is 33.7. The Morgan fingerprint density at radius 2 is 0.645 bits per heavy atom. The van der Waals surface area contributed by atoms with Crippen LogP contribution < -0.4 is 0 Å². The van der Waals surface area contributed by atoms with E-state index in [9.17, 15) is 0 Å². The average Bonchev–Trinajstić information content (AvgIpc) is 2.41. The number of hydrogen-bond donors (Lipinski definition) is 0. The van der Waals surface area contributed by atoms with Crippen LogP contribution in [0, 0.1) is 0 Å². The Bertz CT molecular complexity index is 403. The highest BCUT2D eigenvalue weighted by Gasteiger charge is 2.29. The van der Waals surface area contributed by atoms with Crippen molar-refractivity contribution in [1.29, 1.82) is 0 Å². The zero-order valence-electron chi connectivity index (χ0n) is 24.7. The van der Waals surface area contributed by atoms with Crippen molar-refractivity contribution >= 4 is 70.2 Å². The minimum Gasteiger partial charge on any atom is -0.456 e. The largest absolute Gasteiger partial charge is 0.456 e. The van der Waals surface area contributed by atoms with Crippen molar-refractivity contribution in [3.8, 4) is 0 Å². The van der Waals surface area contributed by atoms with E-state index in [4.69, 9.17) is 30.4 Å². The molecule has 0 unspecified atom stereocenters. The Hall–Kier alpha value is 1.80. The molecule has 0 fully saturated rings. The van der Waals surface area contributed by atoms with Crippen LogP contribution in [0.5, 0.6) is 0 Å². The smallest absolute Gasteiger partial charge is 0.173 e. The predicted molar refractivity (Wildman–Crippen MR) is 168 cm³/mol. The molecule has 0 N–H and O–H groups in total. The summed E-state index contributed by atoms with van der Waals surface area (Å²) >= 11 is 11.5. The molecule has 194 valence electrons. The summed E-state index contributed by atoms with van der Waals surface area (Å²) in [6, 6.07) is 3.65. The third-order valence-electron chi connectivity index (χ3n) is 3.71. The maximum absolute atomic E-state index is 6.20. The second-order valence-electron chi connectivity index (χ2n) is 12.8. The van der Waals surface area contributed by atoms with E-state index < -0.39 is 48.0 Å². The van der Waals surface area contributed by atoms with Crippen molar-refractivity contribution in [2.45, 2.75) is 137 Å². The number of rotatable bonds is 7. The zero-order valence-corrected chi connectivity index (χ0v) is 32.2. The highest BCUT2D eigenvalue weighted by atomic mass is 35.6. The summed E-state index contributed by atoms with van der Waals surface area (Å²) in [7, 11) is -7.30. The van der Waals surface area contributed by atoms with Crippen LogP contribution in [0.2, 0.25) is 116 Å². The van der Waals surface area contributed by atoms with Gasteiger partial charge in [0.1, 0.15) is 14.8 Å². The monoisotopic (exact) mass is 582 g/mol. The molecule has 0 heterocycles. The molecular weight excluding hydrogens is 524 g/mol. The third-order valence-corrected chi connectivity index (χ3v) is 18.9. The number of hydrogen-bond acceptors (Lipinski definition) is 2. The van der Waals surface area contributed by atoms with E-state index in [0.717, 1.165) is 0 Å². The molecule has 0 bridgehead atoms. The van der Waals surface area contributed by atoms with Gasteiger partial charge in [-0.05, 0) is 83.6 Å². The standard InChI is InChI=1S/C8H22OSi2.C6H18OSi2.C4H11ClSi.C3H9ClSi/c1-7-10(3,4)9-11(5,6)8-2;1-8(2,3)7-9(4,5)6;1-4-6(2,3)5;1-5(2,3)4/h7-8H2,1-6H3;1-6H3;4H2,1-3H3;1-3H3. The summed E-state index contributed by atoms with van der Waals surface area (Å²) in [6.07, 6.45) is 0. The molecule has 31 heavy (non-hydrogen) atoms. The normalized spacial score (nSPS) is 13.2. The van der Waals surface area contributed by atoms with Gasteiger partial charge in [0.15, 0.2) is 33.3 Å².